The third-order valence-corrected chi connectivity index (χ3v) is 3.90. The zero-order valence-corrected chi connectivity index (χ0v) is 16.4. The van der Waals surface area contributed by atoms with Crippen LogP contribution in [0.4, 0.5) is 5.69 Å². The van der Waals surface area contributed by atoms with E-state index in [1.807, 2.05) is 30.3 Å². The fourth-order valence-electron chi connectivity index (χ4n) is 2.37. The third kappa shape index (κ3) is 7.50. The van der Waals surface area contributed by atoms with E-state index in [0.29, 0.717) is 11.4 Å². The van der Waals surface area contributed by atoms with Gasteiger partial charge in [-0.2, -0.15) is 0 Å². The van der Waals surface area contributed by atoms with Crippen molar-refractivity contribution in [1.82, 2.24) is 5.32 Å². The van der Waals surface area contributed by atoms with Crippen LogP contribution in [-0.2, 0) is 19.1 Å². The Morgan fingerprint density at radius 2 is 1.72 bits per heavy atom. The molecule has 0 saturated heterocycles. The Kier molecular flexibility index (Phi) is 8.44. The number of ether oxygens (including phenoxy) is 2. The molecule has 0 aliphatic rings. The summed E-state index contributed by atoms with van der Waals surface area (Å²) in [5, 5.41) is 5.25. The van der Waals surface area contributed by atoms with Crippen LogP contribution >= 0.6 is 0 Å². The van der Waals surface area contributed by atoms with Gasteiger partial charge in [0.25, 0.3) is 5.91 Å². The van der Waals surface area contributed by atoms with Crippen molar-refractivity contribution >= 4 is 29.5 Å². The van der Waals surface area contributed by atoms with Gasteiger partial charge in [-0.15, -0.1) is 0 Å². The van der Waals surface area contributed by atoms with Gasteiger partial charge in [-0.05, 0) is 30.7 Å². The standard InChI is InChI=1S/C22H24N2O5/c1-16(22(27)24-18-10-6-7-11-19(18)28-2)29-21(26)14-15-23-20(25)13-12-17-8-4-3-5-9-17/h3-13,16H,14-15H2,1-2H3,(H,23,25)(H,24,27)/b13-12+/t16-/m1/s1. The largest absolute Gasteiger partial charge is 0.495 e. The highest BCUT2D eigenvalue weighted by Gasteiger charge is 2.19. The summed E-state index contributed by atoms with van der Waals surface area (Å²) >= 11 is 0. The van der Waals surface area contributed by atoms with Crippen molar-refractivity contribution in [1.29, 1.82) is 0 Å². The maximum atomic E-state index is 12.2. The molecule has 2 aromatic rings. The molecule has 0 spiro atoms. The number of hydrogen-bond donors (Lipinski definition) is 2. The number of carbonyl (C=O) groups is 3. The Morgan fingerprint density at radius 3 is 2.45 bits per heavy atom. The van der Waals surface area contributed by atoms with Crippen molar-refractivity contribution in [3.8, 4) is 5.75 Å². The predicted octanol–water partition coefficient (Wildman–Crippen LogP) is 2.79. The number of para-hydroxylation sites is 2. The quantitative estimate of drug-likeness (QED) is 0.502. The summed E-state index contributed by atoms with van der Waals surface area (Å²) in [6, 6.07) is 16.3. The van der Waals surface area contributed by atoms with E-state index >= 15 is 0 Å². The van der Waals surface area contributed by atoms with Gasteiger partial charge < -0.3 is 20.1 Å². The van der Waals surface area contributed by atoms with Crippen molar-refractivity contribution < 1.29 is 23.9 Å². The maximum Gasteiger partial charge on any atom is 0.308 e. The lowest BCUT2D eigenvalue weighted by Gasteiger charge is -2.15. The van der Waals surface area contributed by atoms with Crippen molar-refractivity contribution in [2.45, 2.75) is 19.4 Å². The number of amides is 2. The first-order chi connectivity index (χ1) is 14.0. The summed E-state index contributed by atoms with van der Waals surface area (Å²) in [4.78, 5) is 35.9. The van der Waals surface area contributed by atoms with E-state index in [-0.39, 0.29) is 18.9 Å². The molecule has 0 aliphatic heterocycles. The molecular weight excluding hydrogens is 372 g/mol. The predicted molar refractivity (Wildman–Crippen MR) is 110 cm³/mol. The zero-order chi connectivity index (χ0) is 21.1. The molecule has 29 heavy (non-hydrogen) atoms. The van der Waals surface area contributed by atoms with Gasteiger partial charge in [0.05, 0.1) is 19.2 Å². The minimum Gasteiger partial charge on any atom is -0.495 e. The van der Waals surface area contributed by atoms with Gasteiger partial charge in [0.2, 0.25) is 5.91 Å². The van der Waals surface area contributed by atoms with Crippen LogP contribution in [0.25, 0.3) is 6.08 Å². The number of esters is 1. The molecule has 0 unspecified atom stereocenters. The van der Waals surface area contributed by atoms with Crippen LogP contribution in [0.15, 0.2) is 60.7 Å². The van der Waals surface area contributed by atoms with Crippen molar-refractivity contribution in [3.05, 3.63) is 66.2 Å². The summed E-state index contributed by atoms with van der Waals surface area (Å²) < 4.78 is 10.3. The molecule has 7 nitrogen and oxygen atoms in total. The highest BCUT2D eigenvalue weighted by molar-refractivity contribution is 5.96. The lowest BCUT2D eigenvalue weighted by Crippen LogP contribution is -2.31. The molecule has 0 fully saturated rings. The van der Waals surface area contributed by atoms with Crippen LogP contribution in [0.2, 0.25) is 0 Å². The Balaban J connectivity index is 1.72. The van der Waals surface area contributed by atoms with Gasteiger partial charge in [-0.25, -0.2) is 0 Å². The van der Waals surface area contributed by atoms with Gasteiger partial charge in [-0.3, -0.25) is 14.4 Å². The number of methoxy groups -OCH3 is 1. The van der Waals surface area contributed by atoms with Gasteiger partial charge in [0, 0.05) is 12.6 Å². The smallest absolute Gasteiger partial charge is 0.308 e. The second kappa shape index (κ2) is 11.3. The van der Waals surface area contributed by atoms with Crippen molar-refractivity contribution in [2.75, 3.05) is 19.0 Å². The van der Waals surface area contributed by atoms with Gasteiger partial charge in [0.1, 0.15) is 5.75 Å². The van der Waals surface area contributed by atoms with E-state index in [1.165, 1.54) is 20.1 Å². The molecule has 2 rings (SSSR count). The summed E-state index contributed by atoms with van der Waals surface area (Å²) in [6.45, 7) is 1.58. The minimum absolute atomic E-state index is 0.0444. The first-order valence-corrected chi connectivity index (χ1v) is 9.14. The van der Waals surface area contributed by atoms with Crippen LogP contribution in [-0.4, -0.2) is 37.5 Å². The van der Waals surface area contributed by atoms with E-state index in [4.69, 9.17) is 9.47 Å². The van der Waals surface area contributed by atoms with Crippen LogP contribution < -0.4 is 15.4 Å². The highest BCUT2D eigenvalue weighted by atomic mass is 16.5. The Morgan fingerprint density at radius 1 is 1.03 bits per heavy atom. The molecule has 2 N–H and O–H groups in total. The number of rotatable bonds is 9. The first kappa shape index (κ1) is 21.7. The zero-order valence-electron chi connectivity index (χ0n) is 16.4. The normalized spacial score (nSPS) is 11.5. The van der Waals surface area contributed by atoms with E-state index in [1.54, 1.807) is 30.3 Å². The fourth-order valence-corrected chi connectivity index (χ4v) is 2.37. The third-order valence-electron chi connectivity index (χ3n) is 3.90. The molecule has 152 valence electrons. The molecular formula is C22H24N2O5. The van der Waals surface area contributed by atoms with Crippen molar-refractivity contribution in [2.24, 2.45) is 0 Å². The number of hydrogen-bond acceptors (Lipinski definition) is 5. The van der Waals surface area contributed by atoms with Crippen LogP contribution in [0.3, 0.4) is 0 Å². The number of benzene rings is 2. The minimum atomic E-state index is -0.985. The monoisotopic (exact) mass is 396 g/mol. The lowest BCUT2D eigenvalue weighted by atomic mass is 10.2. The summed E-state index contributed by atoms with van der Waals surface area (Å²) in [7, 11) is 1.50. The summed E-state index contributed by atoms with van der Waals surface area (Å²) in [5.74, 6) is -0.869. The van der Waals surface area contributed by atoms with E-state index < -0.39 is 18.0 Å². The van der Waals surface area contributed by atoms with Crippen LogP contribution in [0, 0.1) is 0 Å². The highest BCUT2D eigenvalue weighted by Crippen LogP contribution is 2.23. The first-order valence-electron chi connectivity index (χ1n) is 9.14. The van der Waals surface area contributed by atoms with Crippen LogP contribution in [0.5, 0.6) is 5.75 Å². The molecule has 7 heteroatoms. The van der Waals surface area contributed by atoms with E-state index in [9.17, 15) is 14.4 Å². The van der Waals surface area contributed by atoms with Crippen LogP contribution in [0.1, 0.15) is 18.9 Å². The van der Waals surface area contributed by atoms with Crippen molar-refractivity contribution in [3.63, 3.8) is 0 Å². The molecule has 0 saturated carbocycles. The average Bonchev–Trinajstić information content (AvgIpc) is 2.73. The van der Waals surface area contributed by atoms with Gasteiger partial charge in [-0.1, -0.05) is 42.5 Å². The Labute approximate surface area is 169 Å². The Hall–Kier alpha value is -3.61. The van der Waals surface area contributed by atoms with E-state index in [2.05, 4.69) is 10.6 Å². The average molecular weight is 396 g/mol. The number of carbonyl (C=O) groups excluding carboxylic acids is 3. The molecule has 2 amide bonds. The molecule has 0 aliphatic carbocycles. The fraction of sp³-hybridized carbons (Fsp3) is 0.227. The van der Waals surface area contributed by atoms with Gasteiger partial charge >= 0.3 is 5.97 Å². The van der Waals surface area contributed by atoms with Gasteiger partial charge in [0.15, 0.2) is 6.10 Å². The molecule has 0 radical (unpaired) electrons. The number of nitrogens with one attached hydrogen (secondary N) is 2. The van der Waals surface area contributed by atoms with E-state index in [0.717, 1.165) is 5.56 Å². The number of anilines is 1. The second-order valence-electron chi connectivity index (χ2n) is 6.11. The Bertz CT molecular complexity index is 865. The SMILES string of the molecule is COc1ccccc1NC(=O)[C@@H](C)OC(=O)CCNC(=O)/C=C/c1ccccc1. The summed E-state index contributed by atoms with van der Waals surface area (Å²) in [5.41, 5.74) is 1.39. The lowest BCUT2D eigenvalue weighted by molar-refractivity contribution is -0.153. The summed E-state index contributed by atoms with van der Waals surface area (Å²) in [6.07, 6.45) is 2.04. The molecule has 0 aromatic heterocycles. The molecule has 1 atom stereocenters. The molecule has 0 bridgehead atoms. The topological polar surface area (TPSA) is 93.7 Å². The second-order valence-corrected chi connectivity index (χ2v) is 6.11. The molecule has 0 heterocycles. The maximum absolute atomic E-state index is 12.2. The molecule has 2 aromatic carbocycles.